The molecule has 20 heavy (non-hydrogen) atoms. The maximum absolute atomic E-state index is 12.5. The van der Waals surface area contributed by atoms with E-state index in [2.05, 4.69) is 4.98 Å². The minimum atomic E-state index is -0.639. The van der Waals surface area contributed by atoms with Crippen LogP contribution in [0.3, 0.4) is 0 Å². The molecule has 0 aromatic carbocycles. The molecule has 106 valence electrons. The number of aromatic nitrogens is 1. The number of amides is 1. The van der Waals surface area contributed by atoms with Gasteiger partial charge in [-0.1, -0.05) is 18.0 Å². The van der Waals surface area contributed by atoms with Crippen molar-refractivity contribution in [2.45, 2.75) is 19.3 Å². The van der Waals surface area contributed by atoms with Crippen LogP contribution in [-0.4, -0.2) is 33.8 Å². The minimum Gasteiger partial charge on any atom is -0.338 e. The normalized spacial score (nSPS) is 24.8. The van der Waals surface area contributed by atoms with E-state index in [1.54, 1.807) is 4.90 Å². The van der Waals surface area contributed by atoms with Crippen molar-refractivity contribution in [2.24, 2.45) is 11.8 Å². The van der Waals surface area contributed by atoms with Crippen LogP contribution in [0.25, 0.3) is 0 Å². The van der Waals surface area contributed by atoms with Gasteiger partial charge in [0.15, 0.2) is 0 Å². The van der Waals surface area contributed by atoms with E-state index in [1.807, 2.05) is 0 Å². The first-order valence-corrected chi connectivity index (χ1v) is 7.04. The number of hydrogen-bond acceptors (Lipinski definition) is 4. The van der Waals surface area contributed by atoms with Crippen molar-refractivity contribution in [1.82, 2.24) is 9.88 Å². The number of fused-ring (bicyclic) bond motifs is 1. The van der Waals surface area contributed by atoms with Gasteiger partial charge in [0, 0.05) is 19.3 Å². The molecule has 1 aromatic rings. The molecule has 1 aliphatic heterocycles. The van der Waals surface area contributed by atoms with Crippen LogP contribution < -0.4 is 0 Å². The van der Waals surface area contributed by atoms with Crippen LogP contribution in [0.4, 0.5) is 5.69 Å². The van der Waals surface area contributed by atoms with E-state index < -0.39 is 10.6 Å². The summed E-state index contributed by atoms with van der Waals surface area (Å²) in [6, 6.07) is 1.38. The molecule has 7 heteroatoms. The summed E-state index contributed by atoms with van der Waals surface area (Å²) in [5.41, 5.74) is -0.355. The zero-order valence-corrected chi connectivity index (χ0v) is 11.5. The lowest BCUT2D eigenvalue weighted by Crippen LogP contribution is -2.30. The lowest BCUT2D eigenvalue weighted by atomic mass is 10.0. The maximum atomic E-state index is 12.5. The maximum Gasteiger partial charge on any atom is 0.319 e. The molecule has 0 N–H and O–H groups in total. The van der Waals surface area contributed by atoms with Gasteiger partial charge >= 0.3 is 5.69 Å². The Morgan fingerprint density at radius 1 is 1.40 bits per heavy atom. The number of pyridine rings is 1. The Hall–Kier alpha value is -1.69. The van der Waals surface area contributed by atoms with Crippen LogP contribution in [0.1, 0.15) is 29.6 Å². The van der Waals surface area contributed by atoms with E-state index in [4.69, 9.17) is 11.6 Å². The first-order valence-electron chi connectivity index (χ1n) is 6.66. The summed E-state index contributed by atoms with van der Waals surface area (Å²) >= 11 is 5.75. The molecule has 1 aromatic heterocycles. The Morgan fingerprint density at radius 3 is 2.65 bits per heavy atom. The molecule has 1 aliphatic carbocycles. The SMILES string of the molecule is O=C(c1ccnc(Cl)c1[N+](=O)[O-])N1CC2CCCC2C1. The van der Waals surface area contributed by atoms with Crippen molar-refractivity contribution in [3.8, 4) is 0 Å². The highest BCUT2D eigenvalue weighted by atomic mass is 35.5. The average molecular weight is 296 g/mol. The zero-order chi connectivity index (χ0) is 14.3. The first-order chi connectivity index (χ1) is 9.58. The molecule has 1 saturated heterocycles. The molecule has 1 amide bonds. The molecule has 2 fully saturated rings. The van der Waals surface area contributed by atoms with Gasteiger partial charge in [0.05, 0.1) is 4.92 Å². The number of halogens is 1. The lowest BCUT2D eigenvalue weighted by molar-refractivity contribution is -0.385. The predicted molar refractivity (Wildman–Crippen MR) is 72.6 cm³/mol. The summed E-state index contributed by atoms with van der Waals surface area (Å²) in [6.07, 6.45) is 4.85. The van der Waals surface area contributed by atoms with E-state index >= 15 is 0 Å². The van der Waals surface area contributed by atoms with E-state index in [0.717, 1.165) is 12.8 Å². The lowest BCUT2D eigenvalue weighted by Gasteiger charge is -2.17. The molecule has 3 rings (SSSR count). The number of carbonyl (C=O) groups is 1. The largest absolute Gasteiger partial charge is 0.338 e. The van der Waals surface area contributed by atoms with Crippen molar-refractivity contribution >= 4 is 23.2 Å². The summed E-state index contributed by atoms with van der Waals surface area (Å²) in [5.74, 6) is 0.793. The highest BCUT2D eigenvalue weighted by Crippen LogP contribution is 2.39. The summed E-state index contributed by atoms with van der Waals surface area (Å²) in [6.45, 7) is 1.39. The molecule has 2 unspecified atom stereocenters. The van der Waals surface area contributed by atoms with Crippen molar-refractivity contribution < 1.29 is 9.72 Å². The fraction of sp³-hybridized carbons (Fsp3) is 0.538. The molecule has 2 aliphatic rings. The second-order valence-corrected chi connectivity index (χ2v) is 5.77. The third-order valence-corrected chi connectivity index (χ3v) is 4.58. The number of nitrogens with zero attached hydrogens (tertiary/aromatic N) is 3. The average Bonchev–Trinajstić information content (AvgIpc) is 2.97. The molecule has 0 bridgehead atoms. The van der Waals surface area contributed by atoms with Gasteiger partial charge in [-0.3, -0.25) is 14.9 Å². The van der Waals surface area contributed by atoms with Gasteiger partial charge in [-0.2, -0.15) is 0 Å². The van der Waals surface area contributed by atoms with Gasteiger partial charge in [-0.05, 0) is 30.7 Å². The van der Waals surface area contributed by atoms with Crippen molar-refractivity contribution in [1.29, 1.82) is 0 Å². The Labute approximate surface area is 120 Å². The number of likely N-dealkylation sites (tertiary alicyclic amines) is 1. The third-order valence-electron chi connectivity index (χ3n) is 4.31. The Morgan fingerprint density at radius 2 is 2.05 bits per heavy atom. The molecule has 1 saturated carbocycles. The molecule has 2 atom stereocenters. The van der Waals surface area contributed by atoms with E-state index in [9.17, 15) is 14.9 Å². The molecule has 6 nitrogen and oxygen atoms in total. The van der Waals surface area contributed by atoms with E-state index in [0.29, 0.717) is 24.9 Å². The predicted octanol–water partition coefficient (Wildman–Crippen LogP) is 2.52. The molecular weight excluding hydrogens is 282 g/mol. The van der Waals surface area contributed by atoms with Crippen LogP contribution in [0.2, 0.25) is 5.15 Å². The van der Waals surface area contributed by atoms with Crippen molar-refractivity contribution in [3.05, 3.63) is 33.1 Å². The topological polar surface area (TPSA) is 76.3 Å². The standard InChI is InChI=1S/C13H14ClN3O3/c14-12-11(17(19)20)10(4-5-15-12)13(18)16-6-8-2-1-3-9(8)7-16/h4-5,8-9H,1-3,6-7H2. The van der Waals surface area contributed by atoms with Crippen LogP contribution in [0, 0.1) is 22.0 Å². The molecule has 0 radical (unpaired) electrons. The minimum absolute atomic E-state index is 0.0370. The Balaban J connectivity index is 1.88. The van der Waals surface area contributed by atoms with Crippen LogP contribution in [0.5, 0.6) is 0 Å². The van der Waals surface area contributed by atoms with Gasteiger partial charge < -0.3 is 4.90 Å². The smallest absolute Gasteiger partial charge is 0.319 e. The first kappa shape index (κ1) is 13.3. The van der Waals surface area contributed by atoms with E-state index in [-0.39, 0.29) is 16.6 Å². The summed E-state index contributed by atoms with van der Waals surface area (Å²) in [7, 11) is 0. The van der Waals surface area contributed by atoms with Crippen LogP contribution >= 0.6 is 11.6 Å². The second-order valence-electron chi connectivity index (χ2n) is 5.42. The van der Waals surface area contributed by atoms with Gasteiger partial charge in [0.25, 0.3) is 5.91 Å². The fourth-order valence-electron chi connectivity index (χ4n) is 3.35. The molecule has 0 spiro atoms. The van der Waals surface area contributed by atoms with Gasteiger partial charge in [-0.25, -0.2) is 4.98 Å². The van der Waals surface area contributed by atoms with Gasteiger partial charge in [-0.15, -0.1) is 0 Å². The van der Waals surface area contributed by atoms with E-state index in [1.165, 1.54) is 18.7 Å². The van der Waals surface area contributed by atoms with Crippen LogP contribution in [-0.2, 0) is 0 Å². The van der Waals surface area contributed by atoms with Crippen LogP contribution in [0.15, 0.2) is 12.3 Å². The van der Waals surface area contributed by atoms with Gasteiger partial charge in [0.1, 0.15) is 5.56 Å². The van der Waals surface area contributed by atoms with Gasteiger partial charge in [0.2, 0.25) is 5.15 Å². The fourth-order valence-corrected chi connectivity index (χ4v) is 3.57. The summed E-state index contributed by atoms with van der Waals surface area (Å²) in [5, 5.41) is 10.8. The third kappa shape index (κ3) is 2.14. The molecule has 2 heterocycles. The highest BCUT2D eigenvalue weighted by molar-refractivity contribution is 6.32. The Kier molecular flexibility index (Phi) is 3.33. The highest BCUT2D eigenvalue weighted by Gasteiger charge is 2.39. The Bertz CT molecular complexity index is 566. The number of hydrogen-bond donors (Lipinski definition) is 0. The number of nitro groups is 1. The summed E-state index contributed by atoms with van der Waals surface area (Å²) in [4.78, 5) is 28.3. The van der Waals surface area contributed by atoms with Crippen molar-refractivity contribution in [3.63, 3.8) is 0 Å². The van der Waals surface area contributed by atoms with Crippen molar-refractivity contribution in [2.75, 3.05) is 13.1 Å². The molecular formula is C13H14ClN3O3. The monoisotopic (exact) mass is 295 g/mol. The zero-order valence-electron chi connectivity index (χ0n) is 10.8. The number of rotatable bonds is 2. The quantitative estimate of drug-likeness (QED) is 0.477. The number of carbonyl (C=O) groups excluding carboxylic acids is 1. The second kappa shape index (κ2) is 5.01. The summed E-state index contributed by atoms with van der Waals surface area (Å²) < 4.78 is 0.